The summed E-state index contributed by atoms with van der Waals surface area (Å²) in [7, 11) is 0. The van der Waals surface area contributed by atoms with E-state index in [1.807, 2.05) is 0 Å². The third-order valence-corrected chi connectivity index (χ3v) is 2.48. The van der Waals surface area contributed by atoms with E-state index in [-0.39, 0.29) is 18.6 Å². The third kappa shape index (κ3) is 2.42. The van der Waals surface area contributed by atoms with Crippen LogP contribution in [-0.4, -0.2) is 46.3 Å². The number of aliphatic hydroxyl groups excluding tert-OH is 2. The summed E-state index contributed by atoms with van der Waals surface area (Å²) in [6.45, 7) is 2.12. The van der Waals surface area contributed by atoms with E-state index in [0.717, 1.165) is 19.3 Å². The van der Waals surface area contributed by atoms with Gasteiger partial charge in [0.15, 0.2) is 0 Å². The van der Waals surface area contributed by atoms with Crippen molar-refractivity contribution in [2.75, 3.05) is 13.2 Å². The molecule has 0 aromatic heterocycles. The van der Waals surface area contributed by atoms with Crippen LogP contribution in [0.1, 0.15) is 26.2 Å². The van der Waals surface area contributed by atoms with Crippen molar-refractivity contribution in [3.63, 3.8) is 0 Å². The van der Waals surface area contributed by atoms with Gasteiger partial charge in [-0.25, -0.2) is 0 Å². The van der Waals surface area contributed by atoms with Gasteiger partial charge in [-0.15, -0.1) is 0 Å². The fraction of sp³-hybridized carbons (Fsp3) is 0.889. The zero-order valence-corrected chi connectivity index (χ0v) is 7.94. The fourth-order valence-corrected chi connectivity index (χ4v) is 1.72. The van der Waals surface area contributed by atoms with E-state index >= 15 is 0 Å². The molecule has 0 aromatic rings. The maximum atomic E-state index is 11.4. The van der Waals surface area contributed by atoms with Crippen LogP contribution in [0, 0.1) is 0 Å². The number of hydrogen-bond donors (Lipinski definition) is 2. The Bertz CT molecular complexity index is 182. The Kier molecular flexibility index (Phi) is 3.69. The van der Waals surface area contributed by atoms with Gasteiger partial charge in [-0.2, -0.15) is 0 Å². The summed E-state index contributed by atoms with van der Waals surface area (Å²) in [5.74, 6) is -0.265. The highest BCUT2D eigenvalue weighted by Gasteiger charge is 2.27. The van der Waals surface area contributed by atoms with E-state index in [4.69, 9.17) is 10.2 Å². The Morgan fingerprint density at radius 3 is 2.85 bits per heavy atom. The highest BCUT2D eigenvalue weighted by molar-refractivity contribution is 5.80. The highest BCUT2D eigenvalue weighted by Crippen LogP contribution is 2.17. The first-order valence-electron chi connectivity index (χ1n) is 4.76. The van der Waals surface area contributed by atoms with Crippen LogP contribution in [0.2, 0.25) is 0 Å². The molecule has 1 aliphatic heterocycles. The molecule has 0 bridgehead atoms. The monoisotopic (exact) mass is 187 g/mol. The smallest absolute Gasteiger partial charge is 0.251 e. The number of carbonyl (C=O) groups excluding carboxylic acids is 1. The number of likely N-dealkylation sites (tertiary alicyclic amines) is 1. The van der Waals surface area contributed by atoms with Crippen LogP contribution < -0.4 is 0 Å². The molecule has 4 nitrogen and oxygen atoms in total. The van der Waals surface area contributed by atoms with Crippen molar-refractivity contribution >= 4 is 5.91 Å². The molecule has 1 fully saturated rings. The first-order valence-corrected chi connectivity index (χ1v) is 4.76. The fourth-order valence-electron chi connectivity index (χ4n) is 1.72. The Morgan fingerprint density at radius 1 is 1.62 bits per heavy atom. The highest BCUT2D eigenvalue weighted by atomic mass is 16.3. The molecule has 0 aliphatic carbocycles. The Balaban J connectivity index is 2.58. The number of rotatable bonds is 2. The van der Waals surface area contributed by atoms with Gasteiger partial charge in [0.2, 0.25) is 0 Å². The molecule has 1 amide bonds. The van der Waals surface area contributed by atoms with Crippen molar-refractivity contribution in [2.24, 2.45) is 0 Å². The van der Waals surface area contributed by atoms with E-state index < -0.39 is 6.10 Å². The van der Waals surface area contributed by atoms with Crippen molar-refractivity contribution < 1.29 is 15.0 Å². The van der Waals surface area contributed by atoms with Crippen molar-refractivity contribution in [1.82, 2.24) is 4.90 Å². The molecule has 0 aromatic carbocycles. The molecule has 1 rings (SSSR count). The summed E-state index contributed by atoms with van der Waals surface area (Å²) in [6, 6.07) is -0.0872. The van der Waals surface area contributed by atoms with Crippen LogP contribution in [-0.2, 0) is 4.79 Å². The molecule has 2 unspecified atom stereocenters. The molecule has 2 atom stereocenters. The summed E-state index contributed by atoms with van der Waals surface area (Å²) in [4.78, 5) is 13.0. The van der Waals surface area contributed by atoms with Gasteiger partial charge >= 0.3 is 0 Å². The molecule has 1 heterocycles. The van der Waals surface area contributed by atoms with Crippen LogP contribution in [0.4, 0.5) is 0 Å². The summed E-state index contributed by atoms with van der Waals surface area (Å²) < 4.78 is 0. The molecule has 1 saturated heterocycles. The third-order valence-electron chi connectivity index (χ3n) is 2.48. The Hall–Kier alpha value is -0.610. The summed E-state index contributed by atoms with van der Waals surface area (Å²) >= 11 is 0. The van der Waals surface area contributed by atoms with Gasteiger partial charge in [-0.1, -0.05) is 0 Å². The second-order valence-corrected chi connectivity index (χ2v) is 3.54. The van der Waals surface area contributed by atoms with Crippen LogP contribution in [0.3, 0.4) is 0 Å². The number of piperidine rings is 1. The van der Waals surface area contributed by atoms with Crippen LogP contribution in [0.5, 0.6) is 0 Å². The standard InChI is InChI=1S/C9H17NO3/c1-7(12)9(13)10-5-3-2-4-8(10)6-11/h7-8,11-12H,2-6H2,1H3. The number of carbonyl (C=O) groups is 1. The molecular formula is C9H17NO3. The quantitative estimate of drug-likeness (QED) is 0.626. The first kappa shape index (κ1) is 10.5. The zero-order valence-electron chi connectivity index (χ0n) is 7.94. The minimum absolute atomic E-state index is 0.00153. The first-order chi connectivity index (χ1) is 6.16. The Labute approximate surface area is 78.2 Å². The SMILES string of the molecule is CC(O)C(=O)N1CCCCC1CO. The van der Waals surface area contributed by atoms with E-state index in [0.29, 0.717) is 6.54 Å². The van der Waals surface area contributed by atoms with Crippen LogP contribution in [0.25, 0.3) is 0 Å². The lowest BCUT2D eigenvalue weighted by Crippen LogP contribution is -2.49. The minimum Gasteiger partial charge on any atom is -0.394 e. The number of hydrogen-bond acceptors (Lipinski definition) is 3. The Morgan fingerprint density at radius 2 is 2.31 bits per heavy atom. The van der Waals surface area contributed by atoms with Crippen molar-refractivity contribution in [2.45, 2.75) is 38.3 Å². The predicted octanol–water partition coefficient (Wildman–Crippen LogP) is -0.259. The predicted molar refractivity (Wildman–Crippen MR) is 48.1 cm³/mol. The van der Waals surface area contributed by atoms with Gasteiger partial charge in [0.1, 0.15) is 6.10 Å². The maximum Gasteiger partial charge on any atom is 0.251 e. The average molecular weight is 187 g/mol. The molecule has 0 saturated carbocycles. The molecule has 0 radical (unpaired) electrons. The molecule has 13 heavy (non-hydrogen) atoms. The average Bonchev–Trinajstić information content (AvgIpc) is 2.16. The van der Waals surface area contributed by atoms with E-state index in [1.165, 1.54) is 6.92 Å². The van der Waals surface area contributed by atoms with Gasteiger partial charge in [-0.3, -0.25) is 4.79 Å². The van der Waals surface area contributed by atoms with Gasteiger partial charge < -0.3 is 15.1 Å². The molecule has 4 heteroatoms. The normalized spacial score (nSPS) is 25.8. The minimum atomic E-state index is -0.952. The molecule has 2 N–H and O–H groups in total. The van der Waals surface area contributed by atoms with Crippen LogP contribution in [0.15, 0.2) is 0 Å². The molecule has 0 spiro atoms. The lowest BCUT2D eigenvalue weighted by molar-refractivity contribution is -0.144. The molecule has 1 aliphatic rings. The zero-order chi connectivity index (χ0) is 9.84. The van der Waals surface area contributed by atoms with Crippen molar-refractivity contribution in [3.8, 4) is 0 Å². The van der Waals surface area contributed by atoms with Gasteiger partial charge in [-0.05, 0) is 26.2 Å². The van der Waals surface area contributed by atoms with Crippen molar-refractivity contribution in [3.05, 3.63) is 0 Å². The van der Waals surface area contributed by atoms with Crippen molar-refractivity contribution in [1.29, 1.82) is 0 Å². The van der Waals surface area contributed by atoms with Gasteiger partial charge in [0, 0.05) is 6.54 Å². The van der Waals surface area contributed by atoms with E-state index in [1.54, 1.807) is 4.90 Å². The summed E-state index contributed by atoms with van der Waals surface area (Å²) in [5.41, 5.74) is 0. The van der Waals surface area contributed by atoms with E-state index in [2.05, 4.69) is 0 Å². The lowest BCUT2D eigenvalue weighted by atomic mass is 10.0. The largest absolute Gasteiger partial charge is 0.394 e. The van der Waals surface area contributed by atoms with E-state index in [9.17, 15) is 4.79 Å². The number of nitrogens with zero attached hydrogens (tertiary/aromatic N) is 1. The van der Waals surface area contributed by atoms with Gasteiger partial charge in [0.05, 0.1) is 12.6 Å². The number of aliphatic hydroxyl groups is 2. The number of amides is 1. The second kappa shape index (κ2) is 4.58. The topological polar surface area (TPSA) is 60.8 Å². The maximum absolute atomic E-state index is 11.4. The summed E-state index contributed by atoms with van der Waals surface area (Å²) in [6.07, 6.45) is 1.91. The molecular weight excluding hydrogens is 170 g/mol. The lowest BCUT2D eigenvalue weighted by Gasteiger charge is -2.35. The van der Waals surface area contributed by atoms with Crippen LogP contribution >= 0.6 is 0 Å². The second-order valence-electron chi connectivity index (χ2n) is 3.54. The summed E-state index contributed by atoms with van der Waals surface area (Å²) in [5, 5.41) is 18.1. The molecule has 76 valence electrons. The van der Waals surface area contributed by atoms with Gasteiger partial charge in [0.25, 0.3) is 5.91 Å².